The first-order chi connectivity index (χ1) is 7.49. The average molecular weight is 339 g/mol. The topological polar surface area (TPSA) is 79.8 Å². The van der Waals surface area contributed by atoms with Gasteiger partial charge in [0.2, 0.25) is 0 Å². The van der Waals surface area contributed by atoms with Gasteiger partial charge in [-0.05, 0) is 22.6 Å². The first kappa shape index (κ1) is 12.7. The van der Waals surface area contributed by atoms with Crippen LogP contribution in [-0.4, -0.2) is 9.91 Å². The summed E-state index contributed by atoms with van der Waals surface area (Å²) in [4.78, 5) is 13.3. The van der Waals surface area contributed by atoms with E-state index in [1.165, 1.54) is 0 Å². The van der Waals surface area contributed by atoms with Crippen LogP contribution in [0.3, 0.4) is 0 Å². The fourth-order valence-electron chi connectivity index (χ4n) is 1.17. The monoisotopic (exact) mass is 339 g/mol. The summed E-state index contributed by atoms with van der Waals surface area (Å²) in [6.07, 6.45) is -2.43. The summed E-state index contributed by atoms with van der Waals surface area (Å²) in [5, 5.41) is 19.1. The molecular weight excluding hydrogens is 335 g/mol. The highest BCUT2D eigenvalue weighted by atomic mass is 127. The quantitative estimate of drug-likeness (QED) is 0.367. The SMILES string of the molecule is N#CCc1c([N+](=O)[O-])cnc(I)c1C(F)F. The minimum Gasteiger partial charge on any atom is -0.258 e. The Balaban J connectivity index is 3.50. The first-order valence-electron chi connectivity index (χ1n) is 3.95. The van der Waals surface area contributed by atoms with Crippen LogP contribution in [-0.2, 0) is 6.42 Å². The van der Waals surface area contributed by atoms with Crippen LogP contribution in [0.25, 0.3) is 0 Å². The molecule has 0 atom stereocenters. The molecule has 0 saturated heterocycles. The van der Waals surface area contributed by atoms with Gasteiger partial charge in [0.15, 0.2) is 0 Å². The lowest BCUT2D eigenvalue weighted by Gasteiger charge is -2.07. The summed E-state index contributed by atoms with van der Waals surface area (Å²) in [5.74, 6) is 0. The standard InChI is InChI=1S/C8H4F2IN3O2/c9-7(10)6-4(1-2-12)5(14(15)16)3-13-8(6)11/h3,7H,1H2. The first-order valence-corrected chi connectivity index (χ1v) is 5.03. The maximum Gasteiger partial charge on any atom is 0.292 e. The van der Waals surface area contributed by atoms with E-state index in [2.05, 4.69) is 4.98 Å². The molecule has 8 heteroatoms. The molecule has 5 nitrogen and oxygen atoms in total. The van der Waals surface area contributed by atoms with E-state index in [0.717, 1.165) is 6.20 Å². The largest absolute Gasteiger partial charge is 0.292 e. The van der Waals surface area contributed by atoms with Crippen LogP contribution in [0.5, 0.6) is 0 Å². The zero-order valence-electron chi connectivity index (χ0n) is 7.65. The molecule has 1 aromatic heterocycles. The molecule has 0 saturated carbocycles. The van der Waals surface area contributed by atoms with Crippen molar-refractivity contribution < 1.29 is 13.7 Å². The second kappa shape index (κ2) is 5.11. The molecule has 0 aromatic carbocycles. The van der Waals surface area contributed by atoms with Gasteiger partial charge in [0.1, 0.15) is 9.90 Å². The molecule has 0 N–H and O–H groups in total. The number of nitrogens with zero attached hydrogens (tertiary/aromatic N) is 3. The zero-order chi connectivity index (χ0) is 12.3. The van der Waals surface area contributed by atoms with Crippen LogP contribution in [0.1, 0.15) is 17.6 Å². The summed E-state index contributed by atoms with van der Waals surface area (Å²) < 4.78 is 25.3. The van der Waals surface area contributed by atoms with Gasteiger partial charge in [-0.3, -0.25) is 10.1 Å². The molecule has 0 aliphatic heterocycles. The maximum atomic E-state index is 12.7. The molecule has 1 rings (SSSR count). The molecule has 1 heterocycles. The number of rotatable bonds is 3. The number of nitro groups is 1. The van der Waals surface area contributed by atoms with E-state index in [1.807, 2.05) is 0 Å². The van der Waals surface area contributed by atoms with Crippen molar-refractivity contribution in [2.45, 2.75) is 12.8 Å². The van der Waals surface area contributed by atoms with Crippen molar-refractivity contribution in [2.24, 2.45) is 0 Å². The molecule has 0 spiro atoms. The molecule has 0 radical (unpaired) electrons. The van der Waals surface area contributed by atoms with E-state index in [0.29, 0.717) is 0 Å². The van der Waals surface area contributed by atoms with Crippen molar-refractivity contribution in [1.82, 2.24) is 4.98 Å². The highest BCUT2D eigenvalue weighted by Crippen LogP contribution is 2.32. The van der Waals surface area contributed by atoms with Gasteiger partial charge in [-0.2, -0.15) is 5.26 Å². The molecule has 0 unspecified atom stereocenters. The van der Waals surface area contributed by atoms with E-state index in [-0.39, 0.29) is 9.26 Å². The minimum absolute atomic E-state index is 0.0246. The van der Waals surface area contributed by atoms with Crippen LogP contribution < -0.4 is 0 Å². The van der Waals surface area contributed by atoms with Gasteiger partial charge >= 0.3 is 0 Å². The highest BCUT2D eigenvalue weighted by Gasteiger charge is 2.26. The lowest BCUT2D eigenvalue weighted by atomic mass is 10.1. The Morgan fingerprint density at radius 3 is 2.75 bits per heavy atom. The fourth-order valence-corrected chi connectivity index (χ4v) is 1.87. The summed E-state index contributed by atoms with van der Waals surface area (Å²) in [6.45, 7) is 0. The number of nitriles is 1. The summed E-state index contributed by atoms with van der Waals surface area (Å²) >= 11 is 1.56. The lowest BCUT2D eigenvalue weighted by Crippen LogP contribution is -2.05. The Bertz CT molecular complexity index is 473. The van der Waals surface area contributed by atoms with Crippen molar-refractivity contribution in [3.63, 3.8) is 0 Å². The van der Waals surface area contributed by atoms with Crippen LogP contribution >= 0.6 is 22.6 Å². The van der Waals surface area contributed by atoms with Crippen LogP contribution in [0.15, 0.2) is 6.20 Å². The lowest BCUT2D eigenvalue weighted by molar-refractivity contribution is -0.385. The molecule has 1 aromatic rings. The molecule has 16 heavy (non-hydrogen) atoms. The number of hydrogen-bond acceptors (Lipinski definition) is 4. The molecule has 0 amide bonds. The van der Waals surface area contributed by atoms with E-state index in [9.17, 15) is 18.9 Å². The van der Waals surface area contributed by atoms with Crippen molar-refractivity contribution in [3.05, 3.63) is 31.1 Å². The Morgan fingerprint density at radius 2 is 2.31 bits per heavy atom. The number of aromatic nitrogens is 1. The third-order valence-electron chi connectivity index (χ3n) is 1.83. The van der Waals surface area contributed by atoms with Gasteiger partial charge in [0.05, 0.1) is 28.5 Å². The second-order valence-electron chi connectivity index (χ2n) is 2.72. The van der Waals surface area contributed by atoms with Crippen molar-refractivity contribution in [3.8, 4) is 6.07 Å². The van der Waals surface area contributed by atoms with Gasteiger partial charge in [0, 0.05) is 0 Å². The third kappa shape index (κ3) is 2.41. The molecule has 84 valence electrons. The normalized spacial score (nSPS) is 10.2. The highest BCUT2D eigenvalue weighted by molar-refractivity contribution is 14.1. The third-order valence-corrected chi connectivity index (χ3v) is 2.69. The molecule has 0 aliphatic rings. The summed E-state index contributed by atoms with van der Waals surface area (Å²) in [7, 11) is 0. The number of hydrogen-bond donors (Lipinski definition) is 0. The van der Waals surface area contributed by atoms with Gasteiger partial charge in [-0.15, -0.1) is 0 Å². The van der Waals surface area contributed by atoms with Crippen LogP contribution in [0.2, 0.25) is 0 Å². The van der Waals surface area contributed by atoms with Crippen LogP contribution in [0, 0.1) is 25.1 Å². The van der Waals surface area contributed by atoms with Crippen LogP contribution in [0.4, 0.5) is 14.5 Å². The predicted molar refractivity (Wildman–Crippen MR) is 57.9 cm³/mol. The van der Waals surface area contributed by atoms with Gasteiger partial charge in [-0.25, -0.2) is 13.8 Å². The molecule has 0 fully saturated rings. The van der Waals surface area contributed by atoms with E-state index in [1.54, 1.807) is 28.7 Å². The van der Waals surface area contributed by atoms with Gasteiger partial charge < -0.3 is 0 Å². The van der Waals surface area contributed by atoms with E-state index >= 15 is 0 Å². The number of alkyl halides is 2. The fraction of sp³-hybridized carbons (Fsp3) is 0.250. The number of pyridine rings is 1. The van der Waals surface area contributed by atoms with Crippen molar-refractivity contribution >= 4 is 28.3 Å². The number of halogens is 3. The van der Waals surface area contributed by atoms with E-state index < -0.39 is 29.0 Å². The average Bonchev–Trinajstić information content (AvgIpc) is 2.17. The predicted octanol–water partition coefficient (Wildman–Crippen LogP) is 2.60. The smallest absolute Gasteiger partial charge is 0.258 e. The molecule has 0 bridgehead atoms. The summed E-state index contributed by atoms with van der Waals surface area (Å²) in [6, 6.07) is 1.63. The molecule has 0 aliphatic carbocycles. The van der Waals surface area contributed by atoms with Crippen molar-refractivity contribution in [2.75, 3.05) is 0 Å². The zero-order valence-corrected chi connectivity index (χ0v) is 9.81. The van der Waals surface area contributed by atoms with Gasteiger partial charge in [-0.1, -0.05) is 0 Å². The Hall–Kier alpha value is -1.37. The van der Waals surface area contributed by atoms with E-state index in [4.69, 9.17) is 5.26 Å². The Labute approximate surface area is 102 Å². The maximum absolute atomic E-state index is 12.7. The second-order valence-corrected chi connectivity index (χ2v) is 3.74. The van der Waals surface area contributed by atoms with Gasteiger partial charge in [0.25, 0.3) is 12.1 Å². The molecular formula is C8H4F2IN3O2. The summed E-state index contributed by atoms with van der Waals surface area (Å²) in [5.41, 5.74) is -1.34. The minimum atomic E-state index is -2.89. The van der Waals surface area contributed by atoms with Crippen molar-refractivity contribution in [1.29, 1.82) is 5.26 Å². The Morgan fingerprint density at radius 1 is 1.69 bits per heavy atom. The Kier molecular flexibility index (Phi) is 4.05.